The lowest BCUT2D eigenvalue weighted by molar-refractivity contribution is -0.385. The van der Waals surface area contributed by atoms with E-state index in [1.54, 1.807) is 0 Å². The Bertz CT molecular complexity index is 600. The van der Waals surface area contributed by atoms with Crippen molar-refractivity contribution in [3.05, 3.63) is 21.2 Å². The zero-order chi connectivity index (χ0) is 14.1. The lowest BCUT2D eigenvalue weighted by Crippen LogP contribution is -2.03. The Kier molecular flexibility index (Phi) is 4.25. The van der Waals surface area contributed by atoms with E-state index in [4.69, 9.17) is 31.8 Å². The summed E-state index contributed by atoms with van der Waals surface area (Å²) in [5, 5.41) is 10.1. The van der Waals surface area contributed by atoms with Gasteiger partial charge in [-0.1, -0.05) is 11.6 Å². The molecule has 0 amide bonds. The van der Waals surface area contributed by atoms with Crippen molar-refractivity contribution in [2.75, 3.05) is 14.2 Å². The highest BCUT2D eigenvalue weighted by molar-refractivity contribution is 8.14. The summed E-state index contributed by atoms with van der Waals surface area (Å²) in [4.78, 5) is 9.21. The molecule has 1 aromatic rings. The lowest BCUT2D eigenvalue weighted by Gasteiger charge is -2.12. The highest BCUT2D eigenvalue weighted by Gasteiger charge is 2.31. The van der Waals surface area contributed by atoms with Crippen molar-refractivity contribution < 1.29 is 22.8 Å². The van der Waals surface area contributed by atoms with E-state index < -0.39 is 29.6 Å². The maximum Gasteiger partial charge on any atom is 0.293 e. The minimum absolute atomic E-state index is 0.159. The molecule has 1 aromatic carbocycles. The molecule has 0 N–H and O–H groups in total. The van der Waals surface area contributed by atoms with Gasteiger partial charge in [-0.2, -0.15) is 0 Å². The standard InChI is InChI=1S/C8H7Cl2NO6S/c1-16-5-3-4(11(12)13)6(9)8(7(5)17-2)18(10,14)15/h3H,1-2H3. The average Bonchev–Trinajstić information content (AvgIpc) is 2.25. The van der Waals surface area contributed by atoms with E-state index in [1.165, 1.54) is 7.11 Å². The predicted octanol–water partition coefficient (Wildman–Crippen LogP) is 2.19. The van der Waals surface area contributed by atoms with Gasteiger partial charge in [0.25, 0.3) is 14.7 Å². The Morgan fingerprint density at radius 3 is 2.22 bits per heavy atom. The van der Waals surface area contributed by atoms with Crippen LogP contribution in [0.3, 0.4) is 0 Å². The quantitative estimate of drug-likeness (QED) is 0.480. The molecule has 0 atom stereocenters. The Hall–Kier alpha value is -1.25. The van der Waals surface area contributed by atoms with Crippen LogP contribution in [0.5, 0.6) is 11.5 Å². The first-order chi connectivity index (χ1) is 8.23. The Morgan fingerprint density at radius 2 is 1.89 bits per heavy atom. The van der Waals surface area contributed by atoms with Crippen LogP contribution in [0.25, 0.3) is 0 Å². The second-order valence-electron chi connectivity index (χ2n) is 2.97. The lowest BCUT2D eigenvalue weighted by atomic mass is 10.2. The van der Waals surface area contributed by atoms with Gasteiger partial charge >= 0.3 is 0 Å². The second kappa shape index (κ2) is 5.17. The van der Waals surface area contributed by atoms with Crippen molar-refractivity contribution in [2.45, 2.75) is 4.90 Å². The molecule has 0 aromatic heterocycles. The van der Waals surface area contributed by atoms with Gasteiger partial charge in [0, 0.05) is 10.7 Å². The smallest absolute Gasteiger partial charge is 0.293 e. The predicted molar refractivity (Wildman–Crippen MR) is 64.2 cm³/mol. The fraction of sp³-hybridized carbons (Fsp3) is 0.250. The molecule has 1 rings (SSSR count). The van der Waals surface area contributed by atoms with Crippen molar-refractivity contribution in [3.63, 3.8) is 0 Å². The van der Waals surface area contributed by atoms with Crippen molar-refractivity contribution >= 4 is 37.0 Å². The molecule has 0 aliphatic rings. The second-order valence-corrected chi connectivity index (χ2v) is 5.85. The first kappa shape index (κ1) is 14.8. The molecule has 100 valence electrons. The molecule has 0 radical (unpaired) electrons. The van der Waals surface area contributed by atoms with Crippen LogP contribution in [0.15, 0.2) is 11.0 Å². The zero-order valence-electron chi connectivity index (χ0n) is 9.14. The summed E-state index contributed by atoms with van der Waals surface area (Å²) in [6.07, 6.45) is 0. The van der Waals surface area contributed by atoms with E-state index in [1.807, 2.05) is 0 Å². The van der Waals surface area contributed by atoms with Gasteiger partial charge in [-0.05, 0) is 0 Å². The number of hydrogen-bond donors (Lipinski definition) is 0. The van der Waals surface area contributed by atoms with Crippen LogP contribution < -0.4 is 9.47 Å². The molecule has 18 heavy (non-hydrogen) atoms. The third-order valence-electron chi connectivity index (χ3n) is 1.99. The van der Waals surface area contributed by atoms with Crippen LogP contribution in [0, 0.1) is 10.1 Å². The monoisotopic (exact) mass is 315 g/mol. The highest BCUT2D eigenvalue weighted by atomic mass is 35.7. The van der Waals surface area contributed by atoms with E-state index in [0.717, 1.165) is 13.2 Å². The van der Waals surface area contributed by atoms with Crippen molar-refractivity contribution in [2.24, 2.45) is 0 Å². The molecule has 0 aliphatic heterocycles. The maximum absolute atomic E-state index is 11.4. The third-order valence-corrected chi connectivity index (χ3v) is 3.82. The fourth-order valence-corrected chi connectivity index (χ4v) is 3.07. The van der Waals surface area contributed by atoms with E-state index in [-0.39, 0.29) is 11.5 Å². The van der Waals surface area contributed by atoms with Crippen LogP contribution in [-0.2, 0) is 9.05 Å². The van der Waals surface area contributed by atoms with E-state index in [2.05, 4.69) is 0 Å². The van der Waals surface area contributed by atoms with Crippen LogP contribution in [0.2, 0.25) is 5.02 Å². The minimum atomic E-state index is -4.33. The Morgan fingerprint density at radius 1 is 1.33 bits per heavy atom. The number of halogens is 2. The number of methoxy groups -OCH3 is 2. The van der Waals surface area contributed by atoms with Gasteiger partial charge in [0.1, 0.15) is 5.02 Å². The number of hydrogen-bond acceptors (Lipinski definition) is 6. The van der Waals surface area contributed by atoms with Crippen molar-refractivity contribution in [1.82, 2.24) is 0 Å². The number of rotatable bonds is 4. The molecule has 0 fully saturated rings. The molecule has 10 heteroatoms. The molecular formula is C8H7Cl2NO6S. The molecule has 7 nitrogen and oxygen atoms in total. The third kappa shape index (κ3) is 2.60. The van der Waals surface area contributed by atoms with Crippen molar-refractivity contribution in [3.8, 4) is 11.5 Å². The molecule has 0 saturated heterocycles. The minimum Gasteiger partial charge on any atom is -0.493 e. The molecule has 0 aliphatic carbocycles. The first-order valence-electron chi connectivity index (χ1n) is 4.27. The fourth-order valence-electron chi connectivity index (χ4n) is 1.28. The molecule has 0 heterocycles. The van der Waals surface area contributed by atoms with Crippen LogP contribution >= 0.6 is 22.3 Å². The largest absolute Gasteiger partial charge is 0.493 e. The SMILES string of the molecule is COc1cc([N+](=O)[O-])c(Cl)c(S(=O)(=O)Cl)c1OC. The van der Waals surface area contributed by atoms with Crippen LogP contribution in [0.1, 0.15) is 0 Å². The van der Waals surface area contributed by atoms with Gasteiger partial charge in [-0.3, -0.25) is 10.1 Å². The summed E-state index contributed by atoms with van der Waals surface area (Å²) in [5.41, 5.74) is -0.645. The first-order valence-corrected chi connectivity index (χ1v) is 6.96. The van der Waals surface area contributed by atoms with Crippen LogP contribution in [-0.4, -0.2) is 27.6 Å². The summed E-state index contributed by atoms with van der Waals surface area (Å²) in [6.45, 7) is 0. The van der Waals surface area contributed by atoms with E-state index in [0.29, 0.717) is 0 Å². The average molecular weight is 316 g/mol. The molecule has 0 unspecified atom stereocenters. The highest BCUT2D eigenvalue weighted by Crippen LogP contribution is 2.45. The van der Waals surface area contributed by atoms with Gasteiger partial charge in [0.05, 0.1) is 25.2 Å². The van der Waals surface area contributed by atoms with E-state index >= 15 is 0 Å². The Balaban J connectivity index is 3.85. The molecule has 0 spiro atoms. The van der Waals surface area contributed by atoms with Gasteiger partial charge in [-0.15, -0.1) is 0 Å². The molecule has 0 saturated carbocycles. The van der Waals surface area contributed by atoms with Gasteiger partial charge in [0.15, 0.2) is 16.4 Å². The number of ether oxygens (including phenoxy) is 2. The zero-order valence-corrected chi connectivity index (χ0v) is 11.5. The molecular weight excluding hydrogens is 309 g/mol. The van der Waals surface area contributed by atoms with E-state index in [9.17, 15) is 18.5 Å². The van der Waals surface area contributed by atoms with Gasteiger partial charge in [0.2, 0.25) is 0 Å². The summed E-state index contributed by atoms with van der Waals surface area (Å²) in [6, 6.07) is 0.951. The molecule has 0 bridgehead atoms. The number of nitrogens with zero attached hydrogens (tertiary/aromatic N) is 1. The number of nitro groups is 1. The number of benzene rings is 1. The maximum atomic E-state index is 11.4. The van der Waals surface area contributed by atoms with Gasteiger partial charge < -0.3 is 9.47 Å². The summed E-state index contributed by atoms with van der Waals surface area (Å²) >= 11 is 5.66. The normalized spacial score (nSPS) is 11.1. The van der Waals surface area contributed by atoms with Crippen LogP contribution in [0.4, 0.5) is 5.69 Å². The summed E-state index contributed by atoms with van der Waals surface area (Å²) < 4.78 is 32.4. The summed E-state index contributed by atoms with van der Waals surface area (Å²) in [7, 11) is 3.20. The Labute approximate surface area is 112 Å². The van der Waals surface area contributed by atoms with Gasteiger partial charge in [-0.25, -0.2) is 8.42 Å². The summed E-state index contributed by atoms with van der Waals surface area (Å²) in [5.74, 6) is -0.448. The number of nitro benzene ring substituents is 1. The van der Waals surface area contributed by atoms with Crippen molar-refractivity contribution in [1.29, 1.82) is 0 Å². The topological polar surface area (TPSA) is 95.7 Å².